The summed E-state index contributed by atoms with van der Waals surface area (Å²) in [4.78, 5) is 25.9. The van der Waals surface area contributed by atoms with Gasteiger partial charge < -0.3 is 5.32 Å². The standard InChI is InChI=1S/C11H14ClN3O3S/c1-3-7(6-19-2)14-11(16)8-4-5-13-10(12)9(8)15(17)18/h4-5,7H,3,6H2,1-2H3,(H,14,16). The first-order chi connectivity index (χ1) is 9.01. The molecule has 1 heterocycles. The van der Waals surface area contributed by atoms with Crippen LogP contribution in [0.5, 0.6) is 0 Å². The molecule has 1 aromatic rings. The van der Waals surface area contributed by atoms with E-state index in [2.05, 4.69) is 10.3 Å². The van der Waals surface area contributed by atoms with Gasteiger partial charge in [0.1, 0.15) is 5.56 Å². The van der Waals surface area contributed by atoms with Crippen LogP contribution in [0, 0.1) is 10.1 Å². The Morgan fingerprint density at radius 3 is 2.89 bits per heavy atom. The van der Waals surface area contributed by atoms with Crippen LogP contribution in [0.3, 0.4) is 0 Å². The summed E-state index contributed by atoms with van der Waals surface area (Å²) in [5, 5.41) is 13.4. The molecule has 19 heavy (non-hydrogen) atoms. The van der Waals surface area contributed by atoms with Crippen LogP contribution in [0.4, 0.5) is 5.69 Å². The number of nitro groups is 1. The van der Waals surface area contributed by atoms with Crippen molar-refractivity contribution < 1.29 is 9.72 Å². The zero-order valence-corrected chi connectivity index (χ0v) is 12.1. The highest BCUT2D eigenvalue weighted by Gasteiger charge is 2.25. The van der Waals surface area contributed by atoms with Crippen molar-refractivity contribution in [2.24, 2.45) is 0 Å². The van der Waals surface area contributed by atoms with Crippen LogP contribution in [-0.2, 0) is 0 Å². The summed E-state index contributed by atoms with van der Waals surface area (Å²) in [5.74, 6) is 0.242. The molecule has 0 aliphatic rings. The lowest BCUT2D eigenvalue weighted by Crippen LogP contribution is -2.36. The van der Waals surface area contributed by atoms with Crippen LogP contribution in [0.1, 0.15) is 23.7 Å². The number of aromatic nitrogens is 1. The van der Waals surface area contributed by atoms with Gasteiger partial charge in [-0.25, -0.2) is 4.98 Å². The van der Waals surface area contributed by atoms with E-state index < -0.39 is 16.5 Å². The molecule has 0 aliphatic carbocycles. The zero-order chi connectivity index (χ0) is 14.4. The number of amides is 1. The summed E-state index contributed by atoms with van der Waals surface area (Å²) in [6.45, 7) is 1.94. The molecule has 1 rings (SSSR count). The minimum Gasteiger partial charge on any atom is -0.348 e. The van der Waals surface area contributed by atoms with E-state index in [-0.39, 0.29) is 16.8 Å². The fourth-order valence-electron chi connectivity index (χ4n) is 1.51. The van der Waals surface area contributed by atoms with Gasteiger partial charge >= 0.3 is 5.69 Å². The van der Waals surface area contributed by atoms with Crippen molar-refractivity contribution in [2.75, 3.05) is 12.0 Å². The molecule has 1 atom stereocenters. The Hall–Kier alpha value is -1.34. The smallest absolute Gasteiger partial charge is 0.319 e. The first-order valence-corrected chi connectivity index (χ1v) is 7.37. The molecule has 1 unspecified atom stereocenters. The van der Waals surface area contributed by atoms with Crippen molar-refractivity contribution in [1.82, 2.24) is 10.3 Å². The van der Waals surface area contributed by atoms with Gasteiger partial charge in [0.05, 0.1) is 4.92 Å². The number of nitrogens with one attached hydrogen (secondary N) is 1. The van der Waals surface area contributed by atoms with Gasteiger partial charge in [0.25, 0.3) is 5.91 Å². The molecule has 0 saturated heterocycles. The number of rotatable bonds is 6. The first kappa shape index (κ1) is 15.7. The normalized spacial score (nSPS) is 11.9. The van der Waals surface area contributed by atoms with E-state index in [4.69, 9.17) is 11.6 Å². The monoisotopic (exact) mass is 303 g/mol. The number of carbonyl (C=O) groups excluding carboxylic acids is 1. The minimum absolute atomic E-state index is 0.0333. The molecular formula is C11H14ClN3O3S. The Balaban J connectivity index is 3.00. The van der Waals surface area contributed by atoms with Crippen LogP contribution in [-0.4, -0.2) is 33.9 Å². The molecule has 104 valence electrons. The molecular weight excluding hydrogens is 290 g/mol. The van der Waals surface area contributed by atoms with Gasteiger partial charge in [0.15, 0.2) is 0 Å². The molecule has 1 N–H and O–H groups in total. The van der Waals surface area contributed by atoms with Gasteiger partial charge in [0.2, 0.25) is 5.15 Å². The third-order valence-electron chi connectivity index (χ3n) is 2.50. The van der Waals surface area contributed by atoms with Crippen LogP contribution in [0.15, 0.2) is 12.3 Å². The molecule has 0 saturated carbocycles. The Morgan fingerprint density at radius 2 is 2.37 bits per heavy atom. The lowest BCUT2D eigenvalue weighted by atomic mass is 10.2. The number of halogens is 1. The number of thioether (sulfide) groups is 1. The Labute approximate surface area is 120 Å². The fourth-order valence-corrected chi connectivity index (χ4v) is 2.46. The van der Waals surface area contributed by atoms with Crippen molar-refractivity contribution in [3.05, 3.63) is 33.1 Å². The Bertz CT molecular complexity index is 484. The van der Waals surface area contributed by atoms with Gasteiger partial charge in [0, 0.05) is 18.0 Å². The Morgan fingerprint density at radius 1 is 1.68 bits per heavy atom. The lowest BCUT2D eigenvalue weighted by molar-refractivity contribution is -0.385. The number of nitrogens with zero attached hydrogens (tertiary/aromatic N) is 2. The third-order valence-corrected chi connectivity index (χ3v) is 3.51. The fraction of sp³-hybridized carbons (Fsp3) is 0.455. The molecule has 0 bridgehead atoms. The molecule has 0 aliphatic heterocycles. The van der Waals surface area contributed by atoms with Crippen molar-refractivity contribution in [3.63, 3.8) is 0 Å². The van der Waals surface area contributed by atoms with E-state index in [1.54, 1.807) is 11.8 Å². The second kappa shape index (κ2) is 7.30. The van der Waals surface area contributed by atoms with Crippen molar-refractivity contribution >= 4 is 35.0 Å². The van der Waals surface area contributed by atoms with Crippen LogP contribution < -0.4 is 5.32 Å². The molecule has 6 nitrogen and oxygen atoms in total. The van der Waals surface area contributed by atoms with Gasteiger partial charge in [-0.15, -0.1) is 0 Å². The molecule has 0 radical (unpaired) electrons. The average molecular weight is 304 g/mol. The van der Waals surface area contributed by atoms with Gasteiger partial charge in [-0.2, -0.15) is 11.8 Å². The van der Waals surface area contributed by atoms with Gasteiger partial charge in [-0.05, 0) is 18.7 Å². The quantitative estimate of drug-likeness (QED) is 0.496. The predicted octanol–water partition coefficient (Wildman–Crippen LogP) is 2.51. The first-order valence-electron chi connectivity index (χ1n) is 5.59. The average Bonchev–Trinajstić information content (AvgIpc) is 2.37. The van der Waals surface area contributed by atoms with Gasteiger partial charge in [-0.1, -0.05) is 18.5 Å². The number of hydrogen-bond acceptors (Lipinski definition) is 5. The summed E-state index contributed by atoms with van der Waals surface area (Å²) < 4.78 is 0. The van der Waals surface area contributed by atoms with Crippen LogP contribution >= 0.6 is 23.4 Å². The minimum atomic E-state index is -0.695. The maximum atomic E-state index is 12.1. The zero-order valence-electron chi connectivity index (χ0n) is 10.6. The number of carbonyl (C=O) groups is 1. The number of hydrogen-bond donors (Lipinski definition) is 1. The van der Waals surface area contributed by atoms with E-state index in [0.717, 1.165) is 12.2 Å². The summed E-state index contributed by atoms with van der Waals surface area (Å²) >= 11 is 7.26. The van der Waals surface area contributed by atoms with E-state index in [9.17, 15) is 14.9 Å². The molecule has 8 heteroatoms. The maximum Gasteiger partial charge on any atom is 0.319 e. The number of pyridine rings is 1. The second-order valence-electron chi connectivity index (χ2n) is 3.79. The predicted molar refractivity (Wildman–Crippen MR) is 75.8 cm³/mol. The van der Waals surface area contributed by atoms with Crippen LogP contribution in [0.2, 0.25) is 5.15 Å². The van der Waals surface area contributed by atoms with Crippen molar-refractivity contribution in [2.45, 2.75) is 19.4 Å². The molecule has 0 spiro atoms. The molecule has 1 amide bonds. The highest BCUT2D eigenvalue weighted by atomic mass is 35.5. The summed E-state index contributed by atoms with van der Waals surface area (Å²) in [6, 6.07) is 1.26. The second-order valence-corrected chi connectivity index (χ2v) is 5.06. The highest BCUT2D eigenvalue weighted by Crippen LogP contribution is 2.25. The van der Waals surface area contributed by atoms with E-state index >= 15 is 0 Å². The molecule has 0 aromatic carbocycles. The van der Waals surface area contributed by atoms with Gasteiger partial charge in [-0.3, -0.25) is 14.9 Å². The van der Waals surface area contributed by atoms with Crippen LogP contribution in [0.25, 0.3) is 0 Å². The largest absolute Gasteiger partial charge is 0.348 e. The van der Waals surface area contributed by atoms with Crippen molar-refractivity contribution in [1.29, 1.82) is 0 Å². The Kier molecular flexibility index (Phi) is 6.04. The highest BCUT2D eigenvalue weighted by molar-refractivity contribution is 7.98. The lowest BCUT2D eigenvalue weighted by Gasteiger charge is -2.15. The summed E-state index contributed by atoms with van der Waals surface area (Å²) in [7, 11) is 0. The molecule has 1 aromatic heterocycles. The van der Waals surface area contributed by atoms with Crippen molar-refractivity contribution in [3.8, 4) is 0 Å². The third kappa shape index (κ3) is 4.07. The van der Waals surface area contributed by atoms with E-state index in [1.165, 1.54) is 12.3 Å². The topological polar surface area (TPSA) is 85.1 Å². The summed E-state index contributed by atoms with van der Waals surface area (Å²) in [6.07, 6.45) is 3.96. The van der Waals surface area contributed by atoms with E-state index in [1.807, 2.05) is 13.2 Å². The molecule has 0 fully saturated rings. The summed E-state index contributed by atoms with van der Waals surface area (Å²) in [5.41, 5.74) is -0.523. The SMILES string of the molecule is CCC(CSC)NC(=O)c1ccnc(Cl)c1[N+](=O)[O-]. The maximum absolute atomic E-state index is 12.1. The van der Waals surface area contributed by atoms with E-state index in [0.29, 0.717) is 0 Å².